The van der Waals surface area contributed by atoms with Gasteiger partial charge in [-0.15, -0.1) is 0 Å². The zero-order valence-electron chi connectivity index (χ0n) is 9.81. The Labute approximate surface area is 118 Å². The topological polar surface area (TPSA) is 62.0 Å². The van der Waals surface area contributed by atoms with Crippen LogP contribution in [0, 0.1) is 0 Å². The van der Waals surface area contributed by atoms with E-state index >= 15 is 0 Å². The Morgan fingerprint density at radius 1 is 1.26 bits per heavy atom. The van der Waals surface area contributed by atoms with Gasteiger partial charge in [0, 0.05) is 11.8 Å². The number of rotatable bonds is 2. The summed E-state index contributed by atoms with van der Waals surface area (Å²) in [6.45, 7) is 0. The molecule has 1 aromatic rings. The Hall–Kier alpha value is -1.53. The number of aliphatic hydroxyl groups excluding tert-OH is 1. The molecule has 0 saturated heterocycles. The zero-order valence-corrected chi connectivity index (χ0v) is 11.4. The molecule has 4 nitrogen and oxygen atoms in total. The Balaban J connectivity index is 1.68. The molecule has 1 aromatic carbocycles. The van der Waals surface area contributed by atoms with Crippen molar-refractivity contribution in [2.24, 2.45) is 9.98 Å². The number of fused-ring (bicyclic) bond motifs is 1. The molecule has 2 heterocycles. The molecule has 2 aliphatic rings. The molecule has 1 N–H and O–H groups in total. The van der Waals surface area contributed by atoms with E-state index in [-0.39, 0.29) is 11.0 Å². The molecule has 1 unspecified atom stereocenters. The van der Waals surface area contributed by atoms with Gasteiger partial charge in [-0.1, -0.05) is 53.9 Å². The second-order valence-electron chi connectivity index (χ2n) is 4.03. The van der Waals surface area contributed by atoms with Crippen LogP contribution in [0.3, 0.4) is 0 Å². The molecule has 6 heteroatoms. The SMILES string of the molecule is O=C1C=C(O)C2SC(SCc3ccccc3)=NC2=N1. The highest BCUT2D eigenvalue weighted by Gasteiger charge is 2.33. The fourth-order valence-electron chi connectivity index (χ4n) is 1.74. The number of carbonyl (C=O) groups excluding carboxylic acids is 1. The number of hydrogen-bond donors (Lipinski definition) is 1. The maximum Gasteiger partial charge on any atom is 0.274 e. The van der Waals surface area contributed by atoms with E-state index in [1.165, 1.54) is 17.3 Å². The van der Waals surface area contributed by atoms with E-state index in [1.54, 1.807) is 11.8 Å². The first-order valence-corrected chi connectivity index (χ1v) is 7.54. The molecule has 0 saturated carbocycles. The molecule has 0 aliphatic carbocycles. The normalized spacial score (nSPS) is 21.6. The summed E-state index contributed by atoms with van der Waals surface area (Å²) in [5.74, 6) is 0.817. The van der Waals surface area contributed by atoms with E-state index < -0.39 is 5.91 Å². The molecule has 19 heavy (non-hydrogen) atoms. The third-order valence-corrected chi connectivity index (χ3v) is 5.07. The third kappa shape index (κ3) is 2.74. The van der Waals surface area contributed by atoms with E-state index in [2.05, 4.69) is 22.1 Å². The lowest BCUT2D eigenvalue weighted by Crippen LogP contribution is -2.20. The summed E-state index contributed by atoms with van der Waals surface area (Å²) in [5.41, 5.74) is 1.21. The van der Waals surface area contributed by atoms with Gasteiger partial charge in [-0.25, -0.2) is 4.99 Å². The predicted octanol–water partition coefficient (Wildman–Crippen LogP) is 2.77. The average molecular weight is 290 g/mol. The molecule has 0 bridgehead atoms. The second kappa shape index (κ2) is 5.22. The Bertz CT molecular complexity index is 608. The summed E-state index contributed by atoms with van der Waals surface area (Å²) in [5, 5.41) is 9.40. The lowest BCUT2D eigenvalue weighted by molar-refractivity contribution is -0.113. The first-order chi connectivity index (χ1) is 9.22. The van der Waals surface area contributed by atoms with Crippen LogP contribution in [0.2, 0.25) is 0 Å². The predicted molar refractivity (Wildman–Crippen MR) is 79.7 cm³/mol. The number of aliphatic hydroxyl groups is 1. The van der Waals surface area contributed by atoms with Crippen molar-refractivity contribution >= 4 is 39.6 Å². The maximum absolute atomic E-state index is 11.2. The van der Waals surface area contributed by atoms with Crippen molar-refractivity contribution < 1.29 is 9.90 Å². The zero-order chi connectivity index (χ0) is 13.2. The van der Waals surface area contributed by atoms with Crippen LogP contribution >= 0.6 is 23.5 Å². The van der Waals surface area contributed by atoms with Gasteiger partial charge in [-0.2, -0.15) is 4.99 Å². The molecule has 3 rings (SSSR count). The van der Waals surface area contributed by atoms with Crippen LogP contribution in [0.4, 0.5) is 0 Å². The summed E-state index contributed by atoms with van der Waals surface area (Å²) in [7, 11) is 0. The largest absolute Gasteiger partial charge is 0.510 e. The summed E-state index contributed by atoms with van der Waals surface area (Å²) >= 11 is 3.02. The molecule has 0 fully saturated rings. The number of dihydropyridines is 1. The van der Waals surface area contributed by atoms with Crippen molar-refractivity contribution in [2.75, 3.05) is 0 Å². The molecule has 0 radical (unpaired) electrons. The molecule has 1 atom stereocenters. The van der Waals surface area contributed by atoms with Crippen LogP contribution in [0.15, 0.2) is 52.2 Å². The number of benzene rings is 1. The quantitative estimate of drug-likeness (QED) is 0.909. The molecular weight excluding hydrogens is 280 g/mol. The van der Waals surface area contributed by atoms with Crippen molar-refractivity contribution in [3.05, 3.63) is 47.7 Å². The van der Waals surface area contributed by atoms with Gasteiger partial charge < -0.3 is 5.11 Å². The summed E-state index contributed by atoms with van der Waals surface area (Å²) in [6, 6.07) is 10.1. The smallest absolute Gasteiger partial charge is 0.274 e. The minimum atomic E-state index is -0.442. The van der Waals surface area contributed by atoms with E-state index in [0.717, 1.165) is 16.2 Å². The molecule has 0 spiro atoms. The van der Waals surface area contributed by atoms with Gasteiger partial charge in [0.2, 0.25) is 0 Å². The minimum absolute atomic E-state index is 0.0408. The third-order valence-electron chi connectivity index (χ3n) is 2.63. The standard InChI is InChI=1S/C13H10N2O2S2/c16-9-6-10(17)14-12-11(9)19-13(15-12)18-7-8-4-2-1-3-5-8/h1-6,11,16H,7H2. The van der Waals surface area contributed by atoms with Gasteiger partial charge in [0.15, 0.2) is 5.84 Å². The Morgan fingerprint density at radius 3 is 2.84 bits per heavy atom. The van der Waals surface area contributed by atoms with E-state index in [0.29, 0.717) is 5.84 Å². The van der Waals surface area contributed by atoms with Crippen LogP contribution in [-0.4, -0.2) is 26.5 Å². The molecule has 96 valence electrons. The van der Waals surface area contributed by atoms with Crippen molar-refractivity contribution in [3.8, 4) is 0 Å². The average Bonchev–Trinajstić information content (AvgIpc) is 2.81. The fourth-order valence-corrected chi connectivity index (χ4v) is 3.87. The highest BCUT2D eigenvalue weighted by molar-refractivity contribution is 8.39. The molecular formula is C13H10N2O2S2. The van der Waals surface area contributed by atoms with E-state index in [1.807, 2.05) is 18.2 Å². The number of carbonyl (C=O) groups is 1. The molecule has 0 aromatic heterocycles. The highest BCUT2D eigenvalue weighted by atomic mass is 32.2. The molecule has 1 amide bonds. The van der Waals surface area contributed by atoms with Crippen LogP contribution in [0.25, 0.3) is 0 Å². The lowest BCUT2D eigenvalue weighted by atomic mass is 10.2. The number of thioether (sulfide) groups is 2. The Kier molecular flexibility index (Phi) is 3.44. The molecule has 2 aliphatic heterocycles. The number of aliphatic imine (C=N–C) groups is 2. The number of amides is 1. The van der Waals surface area contributed by atoms with Gasteiger partial charge in [0.1, 0.15) is 15.4 Å². The monoisotopic (exact) mass is 290 g/mol. The number of nitrogens with zero attached hydrogens (tertiary/aromatic N) is 2. The minimum Gasteiger partial charge on any atom is -0.510 e. The van der Waals surface area contributed by atoms with Gasteiger partial charge in [-0.05, 0) is 5.56 Å². The lowest BCUT2D eigenvalue weighted by Gasteiger charge is -2.10. The number of amidine groups is 1. The fraction of sp³-hybridized carbons (Fsp3) is 0.154. The van der Waals surface area contributed by atoms with Crippen molar-refractivity contribution in [1.29, 1.82) is 0 Å². The Morgan fingerprint density at radius 2 is 2.05 bits per heavy atom. The van der Waals surface area contributed by atoms with Crippen LogP contribution in [-0.2, 0) is 10.5 Å². The highest BCUT2D eigenvalue weighted by Crippen LogP contribution is 2.35. The van der Waals surface area contributed by atoms with Crippen LogP contribution in [0.5, 0.6) is 0 Å². The summed E-state index contributed by atoms with van der Waals surface area (Å²) in [4.78, 5) is 19.3. The second-order valence-corrected chi connectivity index (χ2v) is 6.34. The van der Waals surface area contributed by atoms with Crippen molar-refractivity contribution in [3.63, 3.8) is 0 Å². The summed E-state index contributed by atoms with van der Waals surface area (Å²) in [6.07, 6.45) is 1.15. The van der Waals surface area contributed by atoms with Gasteiger partial charge in [0.05, 0.1) is 0 Å². The van der Waals surface area contributed by atoms with Crippen LogP contribution in [0.1, 0.15) is 5.56 Å². The maximum atomic E-state index is 11.2. The first-order valence-electron chi connectivity index (χ1n) is 5.67. The van der Waals surface area contributed by atoms with Crippen LogP contribution < -0.4 is 0 Å². The van der Waals surface area contributed by atoms with E-state index in [4.69, 9.17) is 0 Å². The van der Waals surface area contributed by atoms with Crippen molar-refractivity contribution in [2.45, 2.75) is 11.0 Å². The van der Waals surface area contributed by atoms with Gasteiger partial charge >= 0.3 is 0 Å². The number of hydrogen-bond acceptors (Lipinski definition) is 5. The van der Waals surface area contributed by atoms with Gasteiger partial charge in [-0.3, -0.25) is 4.79 Å². The summed E-state index contributed by atoms with van der Waals surface area (Å²) < 4.78 is 0.835. The van der Waals surface area contributed by atoms with Gasteiger partial charge in [0.25, 0.3) is 5.91 Å². The first kappa shape index (κ1) is 12.5. The van der Waals surface area contributed by atoms with E-state index in [9.17, 15) is 9.90 Å². The van der Waals surface area contributed by atoms with Crippen molar-refractivity contribution in [1.82, 2.24) is 0 Å².